The minimum absolute atomic E-state index is 0.243. The number of likely N-dealkylation sites (tertiary alicyclic amines) is 1. The normalized spacial score (nSPS) is 14.8. The molecule has 0 spiro atoms. The number of ether oxygens (including phenoxy) is 2. The molecule has 0 saturated carbocycles. The van der Waals surface area contributed by atoms with Crippen molar-refractivity contribution < 1.29 is 14.3 Å². The summed E-state index contributed by atoms with van der Waals surface area (Å²) in [6.07, 6.45) is 8.80. The van der Waals surface area contributed by atoms with Crippen LogP contribution >= 0.6 is 11.6 Å². The van der Waals surface area contributed by atoms with E-state index in [0.29, 0.717) is 30.5 Å². The first kappa shape index (κ1) is 23.1. The fourth-order valence-electron chi connectivity index (χ4n) is 3.78. The Morgan fingerprint density at radius 3 is 2.64 bits per heavy atom. The number of carbonyl (C=O) groups excluding carboxylic acids is 1. The summed E-state index contributed by atoms with van der Waals surface area (Å²) in [7, 11) is 0. The zero-order chi connectivity index (χ0) is 23.4. The number of halogens is 1. The predicted octanol–water partition coefficient (Wildman–Crippen LogP) is 5.75. The quantitative estimate of drug-likeness (QED) is 0.476. The molecule has 33 heavy (non-hydrogen) atoms. The lowest BCUT2D eigenvalue weighted by Gasteiger charge is -2.33. The van der Waals surface area contributed by atoms with Crippen molar-refractivity contribution in [3.63, 3.8) is 0 Å². The van der Waals surface area contributed by atoms with Gasteiger partial charge in [0.05, 0.1) is 18.4 Å². The van der Waals surface area contributed by atoms with Gasteiger partial charge in [-0.25, -0.2) is 4.79 Å². The van der Waals surface area contributed by atoms with Crippen LogP contribution in [0.4, 0.5) is 4.79 Å². The van der Waals surface area contributed by atoms with E-state index in [1.54, 1.807) is 17.3 Å². The van der Waals surface area contributed by atoms with E-state index in [1.807, 2.05) is 68.2 Å². The molecule has 4 rings (SSSR count). The van der Waals surface area contributed by atoms with Crippen molar-refractivity contribution in [1.82, 2.24) is 19.7 Å². The molecule has 1 aliphatic rings. The van der Waals surface area contributed by atoms with Crippen LogP contribution in [0.15, 0.2) is 55.1 Å². The van der Waals surface area contributed by atoms with Gasteiger partial charge in [-0.1, -0.05) is 23.7 Å². The maximum Gasteiger partial charge on any atom is 0.410 e. The van der Waals surface area contributed by atoms with E-state index in [1.165, 1.54) is 0 Å². The Morgan fingerprint density at radius 1 is 1.12 bits per heavy atom. The number of amides is 1. The number of aromatic nitrogens is 3. The number of piperidine rings is 1. The summed E-state index contributed by atoms with van der Waals surface area (Å²) in [5.74, 6) is 0.686. The summed E-state index contributed by atoms with van der Waals surface area (Å²) in [5, 5.41) is 5.26. The first-order chi connectivity index (χ1) is 15.8. The molecule has 2 aromatic heterocycles. The van der Waals surface area contributed by atoms with Crippen LogP contribution in [0.3, 0.4) is 0 Å². The molecule has 0 unspecified atom stereocenters. The topological polar surface area (TPSA) is 69.5 Å². The van der Waals surface area contributed by atoms with Crippen molar-refractivity contribution in [2.24, 2.45) is 0 Å². The Kier molecular flexibility index (Phi) is 6.88. The minimum Gasteiger partial charge on any atom is -0.487 e. The van der Waals surface area contributed by atoms with Gasteiger partial charge in [0, 0.05) is 41.6 Å². The van der Waals surface area contributed by atoms with Crippen molar-refractivity contribution in [2.75, 3.05) is 13.1 Å². The van der Waals surface area contributed by atoms with Crippen molar-refractivity contribution in [2.45, 2.75) is 51.9 Å². The van der Waals surface area contributed by atoms with E-state index < -0.39 is 5.60 Å². The average Bonchev–Trinajstić information content (AvgIpc) is 3.27. The monoisotopic (exact) mass is 468 g/mol. The molecule has 1 aromatic carbocycles. The first-order valence-corrected chi connectivity index (χ1v) is 11.5. The number of carbonyl (C=O) groups is 1. The molecule has 0 aliphatic carbocycles. The molecule has 1 aliphatic heterocycles. The van der Waals surface area contributed by atoms with Crippen molar-refractivity contribution in [3.05, 3.63) is 65.7 Å². The summed E-state index contributed by atoms with van der Waals surface area (Å²) >= 11 is 6.04. The highest BCUT2D eigenvalue weighted by atomic mass is 35.5. The molecule has 3 heterocycles. The largest absolute Gasteiger partial charge is 0.487 e. The molecule has 0 atom stereocenters. The van der Waals surface area contributed by atoms with Crippen LogP contribution < -0.4 is 4.74 Å². The van der Waals surface area contributed by atoms with E-state index in [4.69, 9.17) is 21.1 Å². The summed E-state index contributed by atoms with van der Waals surface area (Å²) in [6, 6.07) is 9.81. The predicted molar refractivity (Wildman–Crippen MR) is 127 cm³/mol. The van der Waals surface area contributed by atoms with E-state index in [0.717, 1.165) is 29.5 Å². The number of hydrogen-bond donors (Lipinski definition) is 0. The molecule has 0 N–H and O–H groups in total. The number of hydrogen-bond acceptors (Lipinski definition) is 5. The highest BCUT2D eigenvalue weighted by molar-refractivity contribution is 6.30. The van der Waals surface area contributed by atoms with E-state index >= 15 is 0 Å². The van der Waals surface area contributed by atoms with E-state index in [9.17, 15) is 4.79 Å². The number of benzene rings is 1. The Balaban J connectivity index is 1.36. The molecular formula is C25H29ClN4O3. The van der Waals surface area contributed by atoms with Gasteiger partial charge in [-0.3, -0.25) is 9.67 Å². The molecule has 1 fully saturated rings. The Bertz CT molecular complexity index is 1100. The number of rotatable bonds is 5. The van der Waals surface area contributed by atoms with Crippen molar-refractivity contribution in [3.8, 4) is 16.9 Å². The van der Waals surface area contributed by atoms with Gasteiger partial charge in [-0.05, 0) is 57.4 Å². The third kappa shape index (κ3) is 6.26. The smallest absolute Gasteiger partial charge is 0.410 e. The average molecular weight is 469 g/mol. The number of pyridine rings is 1. The molecule has 174 valence electrons. The molecular weight excluding hydrogens is 440 g/mol. The lowest BCUT2D eigenvalue weighted by atomic mass is 10.1. The number of nitrogens with zero attached hydrogens (tertiary/aromatic N) is 4. The van der Waals surface area contributed by atoms with Gasteiger partial charge >= 0.3 is 6.09 Å². The Hall–Kier alpha value is -3.06. The SMILES string of the molecule is CC(C)(C)OC(=O)N1CCC(n2cc(-c3cncc(OCc4cccc(Cl)c4)c3)cn2)CC1. The van der Waals surface area contributed by atoms with Gasteiger partial charge in [0.15, 0.2) is 0 Å². The van der Waals surface area contributed by atoms with Crippen LogP contribution in [0.2, 0.25) is 5.02 Å². The first-order valence-electron chi connectivity index (χ1n) is 11.1. The Morgan fingerprint density at radius 2 is 1.91 bits per heavy atom. The Labute approximate surface area is 199 Å². The molecule has 0 radical (unpaired) electrons. The molecule has 3 aromatic rings. The summed E-state index contributed by atoms with van der Waals surface area (Å²) in [6.45, 7) is 7.38. The lowest BCUT2D eigenvalue weighted by molar-refractivity contribution is 0.0185. The van der Waals surface area contributed by atoms with Crippen LogP contribution in [-0.2, 0) is 11.3 Å². The van der Waals surface area contributed by atoms with E-state index in [2.05, 4.69) is 10.1 Å². The molecule has 8 heteroatoms. The second-order valence-electron chi connectivity index (χ2n) is 9.24. The van der Waals surface area contributed by atoms with Crippen LogP contribution in [0.5, 0.6) is 5.75 Å². The van der Waals surface area contributed by atoms with Crippen LogP contribution in [0, 0.1) is 0 Å². The molecule has 1 saturated heterocycles. The van der Waals surface area contributed by atoms with Crippen molar-refractivity contribution >= 4 is 17.7 Å². The van der Waals surface area contributed by atoms with Gasteiger partial charge in [0.1, 0.15) is 18.0 Å². The highest BCUT2D eigenvalue weighted by Crippen LogP contribution is 2.27. The third-order valence-electron chi connectivity index (χ3n) is 5.43. The summed E-state index contributed by atoms with van der Waals surface area (Å²) in [5.41, 5.74) is 2.44. The van der Waals surface area contributed by atoms with E-state index in [-0.39, 0.29) is 12.1 Å². The summed E-state index contributed by atoms with van der Waals surface area (Å²) < 4.78 is 13.4. The van der Waals surface area contributed by atoms with Crippen LogP contribution in [0.1, 0.15) is 45.2 Å². The van der Waals surface area contributed by atoms with Gasteiger partial charge in [0.25, 0.3) is 0 Å². The standard InChI is InChI=1S/C25H29ClN4O3/c1-25(2,3)33-24(31)29-9-7-22(8-10-29)30-16-20(14-28-30)19-12-23(15-27-13-19)32-17-18-5-4-6-21(26)11-18/h4-6,11-16,22H,7-10,17H2,1-3H3. The van der Waals surface area contributed by atoms with Crippen LogP contribution in [-0.4, -0.2) is 44.4 Å². The van der Waals surface area contributed by atoms with Gasteiger partial charge in [-0.15, -0.1) is 0 Å². The maximum atomic E-state index is 12.3. The van der Waals surface area contributed by atoms with Gasteiger partial charge in [0.2, 0.25) is 0 Å². The third-order valence-corrected chi connectivity index (χ3v) is 5.67. The second-order valence-corrected chi connectivity index (χ2v) is 9.67. The minimum atomic E-state index is -0.481. The highest BCUT2D eigenvalue weighted by Gasteiger charge is 2.27. The van der Waals surface area contributed by atoms with Crippen molar-refractivity contribution in [1.29, 1.82) is 0 Å². The zero-order valence-electron chi connectivity index (χ0n) is 19.2. The molecule has 0 bridgehead atoms. The maximum absolute atomic E-state index is 12.3. The molecule has 1 amide bonds. The van der Waals surface area contributed by atoms with Gasteiger partial charge < -0.3 is 14.4 Å². The molecule has 7 nitrogen and oxygen atoms in total. The zero-order valence-corrected chi connectivity index (χ0v) is 20.0. The summed E-state index contributed by atoms with van der Waals surface area (Å²) in [4.78, 5) is 18.4. The van der Waals surface area contributed by atoms with Gasteiger partial charge in [-0.2, -0.15) is 5.10 Å². The fraction of sp³-hybridized carbons (Fsp3) is 0.400. The fourth-order valence-corrected chi connectivity index (χ4v) is 3.99. The lowest BCUT2D eigenvalue weighted by Crippen LogP contribution is -2.42. The second kappa shape index (κ2) is 9.83. The van der Waals surface area contributed by atoms with Crippen LogP contribution in [0.25, 0.3) is 11.1 Å².